The van der Waals surface area contributed by atoms with E-state index in [2.05, 4.69) is 5.32 Å². The molecule has 1 aliphatic heterocycles. The smallest absolute Gasteiger partial charge is 0.277 e. The molecule has 1 aromatic carbocycles. The van der Waals surface area contributed by atoms with Gasteiger partial charge in [-0.1, -0.05) is 25.3 Å². The summed E-state index contributed by atoms with van der Waals surface area (Å²) in [6, 6.07) is 4.55. The third kappa shape index (κ3) is 5.74. The highest BCUT2D eigenvalue weighted by molar-refractivity contribution is 5.96. The number of aromatic hydroxyl groups is 1. The van der Waals surface area contributed by atoms with Gasteiger partial charge in [0.25, 0.3) is 5.91 Å². The molecule has 0 bridgehead atoms. The minimum atomic E-state index is -0.844. The molecule has 0 unspecified atom stereocenters. The van der Waals surface area contributed by atoms with Crippen molar-refractivity contribution in [2.45, 2.75) is 38.6 Å². The molecule has 10 heteroatoms. The normalized spacial score (nSPS) is 13.2. The molecule has 0 saturated heterocycles. The van der Waals surface area contributed by atoms with Crippen LogP contribution in [0.25, 0.3) is 0 Å². The maximum absolute atomic E-state index is 13.5. The zero-order chi connectivity index (χ0) is 24.7. The maximum Gasteiger partial charge on any atom is 0.277 e. The summed E-state index contributed by atoms with van der Waals surface area (Å²) in [5.74, 6) is -0.936. The fraction of sp³-hybridized carbons (Fsp3) is 0.458. The van der Waals surface area contributed by atoms with E-state index >= 15 is 0 Å². The Hall–Kier alpha value is -3.40. The first kappa shape index (κ1) is 25.2. The lowest BCUT2D eigenvalue weighted by Gasteiger charge is -2.38. The summed E-state index contributed by atoms with van der Waals surface area (Å²) in [6.45, 7) is 1.98. The predicted molar refractivity (Wildman–Crippen MR) is 126 cm³/mol. The number of hydrogen-bond donors (Lipinski definition) is 2. The molecule has 0 fully saturated rings. The van der Waals surface area contributed by atoms with E-state index in [1.54, 1.807) is 13.1 Å². The minimum Gasteiger partial charge on any atom is -0.502 e. The zero-order valence-corrected chi connectivity index (χ0v) is 19.6. The molecule has 0 saturated carbocycles. The second-order valence-electron chi connectivity index (χ2n) is 8.35. The van der Waals surface area contributed by atoms with Crippen LogP contribution in [0.3, 0.4) is 0 Å². The van der Waals surface area contributed by atoms with Crippen molar-refractivity contribution in [3.05, 3.63) is 57.3 Å². The van der Waals surface area contributed by atoms with E-state index in [1.807, 2.05) is 12.1 Å². The largest absolute Gasteiger partial charge is 0.502 e. The molecular formula is C24H31FN4O5. The molecule has 1 aromatic heterocycles. The number of hydrogen-bond acceptors (Lipinski definition) is 7. The summed E-state index contributed by atoms with van der Waals surface area (Å²) in [5, 5.41) is 15.1. The molecule has 2 heterocycles. The molecule has 184 valence electrons. The third-order valence-electron chi connectivity index (χ3n) is 5.76. The number of aldehydes is 1. The molecule has 0 aliphatic carbocycles. The summed E-state index contributed by atoms with van der Waals surface area (Å²) in [6.07, 6.45) is 6.21. The average molecular weight is 475 g/mol. The SMILES string of the molecule is CNCc1ccc(F)cc1OCCCCCCCN1CN(C)C(=O)c2c(O)c(=O)c(C=O)cn21. The van der Waals surface area contributed by atoms with Crippen LogP contribution in [-0.2, 0) is 6.54 Å². The van der Waals surface area contributed by atoms with Gasteiger partial charge in [0.05, 0.1) is 12.2 Å². The Balaban J connectivity index is 1.46. The van der Waals surface area contributed by atoms with E-state index in [-0.39, 0.29) is 23.7 Å². The van der Waals surface area contributed by atoms with E-state index < -0.39 is 17.1 Å². The Morgan fingerprint density at radius 1 is 1.18 bits per heavy atom. The first-order valence-electron chi connectivity index (χ1n) is 11.4. The molecule has 1 aliphatic rings. The van der Waals surface area contributed by atoms with Gasteiger partial charge >= 0.3 is 0 Å². The molecule has 3 rings (SSSR count). The summed E-state index contributed by atoms with van der Waals surface area (Å²) >= 11 is 0. The monoisotopic (exact) mass is 474 g/mol. The molecule has 34 heavy (non-hydrogen) atoms. The van der Waals surface area contributed by atoms with E-state index in [9.17, 15) is 23.9 Å². The van der Waals surface area contributed by atoms with E-state index in [4.69, 9.17) is 4.74 Å². The van der Waals surface area contributed by atoms with E-state index in [1.165, 1.54) is 27.9 Å². The van der Waals surface area contributed by atoms with Crippen LogP contribution in [0.4, 0.5) is 4.39 Å². The first-order chi connectivity index (χ1) is 16.4. The molecule has 2 N–H and O–H groups in total. The number of halogens is 1. The average Bonchev–Trinajstić information content (AvgIpc) is 2.82. The summed E-state index contributed by atoms with van der Waals surface area (Å²) in [7, 11) is 3.42. The Labute approximate surface area is 197 Å². The Bertz CT molecular complexity index is 1090. The highest BCUT2D eigenvalue weighted by atomic mass is 19.1. The number of nitrogens with one attached hydrogen (secondary N) is 1. The second-order valence-corrected chi connectivity index (χ2v) is 8.35. The van der Waals surface area contributed by atoms with Gasteiger partial charge in [0.2, 0.25) is 5.43 Å². The first-order valence-corrected chi connectivity index (χ1v) is 11.4. The topological polar surface area (TPSA) is 104 Å². The number of amides is 1. The number of benzene rings is 1. The lowest BCUT2D eigenvalue weighted by Crippen LogP contribution is -2.53. The Morgan fingerprint density at radius 2 is 1.91 bits per heavy atom. The van der Waals surface area contributed by atoms with Crippen LogP contribution in [0, 0.1) is 5.82 Å². The van der Waals surface area contributed by atoms with Gasteiger partial charge < -0.3 is 20.1 Å². The van der Waals surface area contributed by atoms with Gasteiger partial charge in [-0.3, -0.25) is 24.1 Å². The zero-order valence-electron chi connectivity index (χ0n) is 19.6. The van der Waals surface area contributed by atoms with Gasteiger partial charge in [-0.2, -0.15) is 0 Å². The number of rotatable bonds is 12. The second kappa shape index (κ2) is 11.6. The van der Waals surface area contributed by atoms with Gasteiger partial charge in [0, 0.05) is 38.0 Å². The van der Waals surface area contributed by atoms with Crippen molar-refractivity contribution < 1.29 is 23.8 Å². The fourth-order valence-electron chi connectivity index (χ4n) is 3.96. The standard InChI is InChI=1S/C24H31FN4O5/c1-26-13-17-8-9-19(25)12-20(17)34-11-7-5-3-4-6-10-28-16-27(2)24(33)21-23(32)22(31)18(15-30)14-29(21)28/h8-9,12,14-15,26,32H,3-7,10-11,13,16H2,1-2H3. The summed E-state index contributed by atoms with van der Waals surface area (Å²) < 4.78 is 20.7. The number of fused-ring (bicyclic) bond motifs is 1. The molecule has 2 aromatic rings. The Kier molecular flexibility index (Phi) is 8.64. The number of ether oxygens (including phenoxy) is 1. The van der Waals surface area contributed by atoms with E-state index in [0.717, 1.165) is 37.7 Å². The molecule has 1 amide bonds. The van der Waals surface area contributed by atoms with Crippen LogP contribution < -0.4 is 20.5 Å². The lowest BCUT2D eigenvalue weighted by atomic mass is 10.1. The number of unbranched alkanes of at least 4 members (excludes halogenated alkanes) is 4. The molecule has 0 radical (unpaired) electrons. The van der Waals surface area contributed by atoms with Gasteiger partial charge in [-0.15, -0.1) is 0 Å². The lowest BCUT2D eigenvalue weighted by molar-refractivity contribution is 0.0732. The fourth-order valence-corrected chi connectivity index (χ4v) is 3.96. The number of carbonyl (C=O) groups excluding carboxylic acids is 2. The molecule has 9 nitrogen and oxygen atoms in total. The summed E-state index contributed by atoms with van der Waals surface area (Å²) in [5.41, 5.74) is -0.251. The maximum atomic E-state index is 13.5. The van der Waals surface area contributed by atoms with Crippen molar-refractivity contribution in [3.63, 3.8) is 0 Å². The quantitative estimate of drug-likeness (QED) is 0.359. The van der Waals surface area contributed by atoms with Crippen LogP contribution in [-0.4, -0.2) is 60.8 Å². The van der Waals surface area contributed by atoms with Gasteiger partial charge in [0.15, 0.2) is 17.7 Å². The van der Waals surface area contributed by atoms with Crippen LogP contribution >= 0.6 is 0 Å². The highest BCUT2D eigenvalue weighted by Gasteiger charge is 2.31. The van der Waals surface area contributed by atoms with Crippen LogP contribution in [0.15, 0.2) is 29.2 Å². The van der Waals surface area contributed by atoms with Crippen molar-refractivity contribution in [1.29, 1.82) is 0 Å². The number of nitrogens with zero attached hydrogens (tertiary/aromatic N) is 3. The number of carbonyl (C=O) groups is 2. The van der Waals surface area contributed by atoms with Crippen LogP contribution in [0.1, 0.15) is 58.5 Å². The van der Waals surface area contributed by atoms with Gasteiger partial charge in [-0.25, -0.2) is 4.39 Å². The highest BCUT2D eigenvalue weighted by Crippen LogP contribution is 2.22. The predicted octanol–water partition coefficient (Wildman–Crippen LogP) is 2.24. The van der Waals surface area contributed by atoms with Crippen molar-refractivity contribution in [2.75, 3.05) is 38.9 Å². The summed E-state index contributed by atoms with van der Waals surface area (Å²) in [4.78, 5) is 37.1. The number of aromatic nitrogens is 1. The molecule has 0 spiro atoms. The minimum absolute atomic E-state index is 0.128. The van der Waals surface area contributed by atoms with Crippen LogP contribution in [0.5, 0.6) is 11.5 Å². The molecular weight excluding hydrogens is 443 g/mol. The Morgan fingerprint density at radius 3 is 2.65 bits per heavy atom. The van der Waals surface area contributed by atoms with Crippen LogP contribution in [0.2, 0.25) is 0 Å². The van der Waals surface area contributed by atoms with Gasteiger partial charge in [0.1, 0.15) is 18.2 Å². The number of pyridine rings is 1. The van der Waals surface area contributed by atoms with E-state index in [0.29, 0.717) is 31.7 Å². The van der Waals surface area contributed by atoms with Crippen molar-refractivity contribution >= 4 is 12.2 Å². The van der Waals surface area contributed by atoms with Crippen molar-refractivity contribution in [2.24, 2.45) is 0 Å². The van der Waals surface area contributed by atoms with Crippen molar-refractivity contribution in [1.82, 2.24) is 14.9 Å². The van der Waals surface area contributed by atoms with Gasteiger partial charge in [-0.05, 0) is 26.0 Å². The third-order valence-corrected chi connectivity index (χ3v) is 5.76. The van der Waals surface area contributed by atoms with Crippen molar-refractivity contribution in [3.8, 4) is 11.5 Å². The molecule has 0 atom stereocenters.